The van der Waals surface area contributed by atoms with E-state index in [0.717, 1.165) is 45.3 Å². The van der Waals surface area contributed by atoms with Crippen molar-refractivity contribution >= 4 is 44.2 Å². The number of rotatable bonds is 5. The molecule has 3 N–H and O–H groups in total. The van der Waals surface area contributed by atoms with Gasteiger partial charge in [0.1, 0.15) is 0 Å². The number of nitrogens with one attached hydrogen (secondary N) is 1. The number of halogens is 1. The maximum Gasteiger partial charge on any atom is 0.323 e. The van der Waals surface area contributed by atoms with Crippen molar-refractivity contribution < 1.29 is 4.79 Å². The van der Waals surface area contributed by atoms with Crippen LogP contribution >= 0.6 is 15.9 Å². The van der Waals surface area contributed by atoms with Crippen LogP contribution in [-0.4, -0.2) is 36.6 Å². The molecule has 136 valence electrons. The van der Waals surface area contributed by atoms with Gasteiger partial charge in [0.05, 0.1) is 11.4 Å². The third-order valence-electron chi connectivity index (χ3n) is 4.46. The van der Waals surface area contributed by atoms with Gasteiger partial charge in [-0.05, 0) is 75.0 Å². The van der Waals surface area contributed by atoms with Gasteiger partial charge in [0.15, 0.2) is 0 Å². The summed E-state index contributed by atoms with van der Waals surface area (Å²) in [6.07, 6.45) is 2.97. The fourth-order valence-corrected chi connectivity index (χ4v) is 3.27. The first kappa shape index (κ1) is 18.5. The van der Waals surface area contributed by atoms with Crippen LogP contribution in [0.3, 0.4) is 0 Å². The van der Waals surface area contributed by atoms with Gasteiger partial charge in [-0.15, -0.1) is 0 Å². The number of anilines is 2. The lowest BCUT2D eigenvalue weighted by Gasteiger charge is -2.21. The number of likely N-dealkylation sites (N-methyl/N-ethyl adjacent to an activating group) is 1. The molecular weight excluding hydrogens is 392 g/mol. The van der Waals surface area contributed by atoms with E-state index in [1.54, 1.807) is 4.90 Å². The first-order valence-corrected chi connectivity index (χ1v) is 9.26. The molecule has 0 saturated carbocycles. The van der Waals surface area contributed by atoms with Gasteiger partial charge in [0.2, 0.25) is 0 Å². The molecule has 0 aliphatic rings. The Morgan fingerprint density at radius 2 is 1.85 bits per heavy atom. The number of primary amides is 1. The summed E-state index contributed by atoms with van der Waals surface area (Å²) in [7, 11) is 4.12. The maximum atomic E-state index is 12.2. The van der Waals surface area contributed by atoms with Crippen LogP contribution in [0.5, 0.6) is 0 Å². The molecule has 0 aliphatic carbocycles. The van der Waals surface area contributed by atoms with Gasteiger partial charge >= 0.3 is 6.03 Å². The normalized spacial score (nSPS) is 11.3. The number of aryl methyl sites for hydroxylation is 1. The van der Waals surface area contributed by atoms with E-state index in [1.165, 1.54) is 5.56 Å². The summed E-state index contributed by atoms with van der Waals surface area (Å²) in [4.78, 5) is 19.2. The van der Waals surface area contributed by atoms with Crippen LogP contribution < -0.4 is 10.6 Å². The minimum absolute atomic E-state index is 0.503. The number of fused-ring (bicyclic) bond motifs is 1. The molecule has 2 aromatic carbocycles. The molecule has 1 heterocycles. The van der Waals surface area contributed by atoms with Crippen LogP contribution in [0.25, 0.3) is 10.9 Å². The molecule has 2 amide bonds. The van der Waals surface area contributed by atoms with E-state index in [1.807, 2.05) is 49.5 Å². The van der Waals surface area contributed by atoms with E-state index < -0.39 is 6.03 Å². The molecule has 0 spiro atoms. The number of nitrogens with zero attached hydrogens (tertiary/aromatic N) is 2. The van der Waals surface area contributed by atoms with Gasteiger partial charge < -0.3 is 15.6 Å². The zero-order valence-corrected chi connectivity index (χ0v) is 16.8. The number of H-pyrrole nitrogens is 1. The van der Waals surface area contributed by atoms with Crippen molar-refractivity contribution in [2.45, 2.75) is 13.3 Å². The average molecular weight is 415 g/mol. The van der Waals surface area contributed by atoms with Gasteiger partial charge in [-0.1, -0.05) is 15.9 Å². The summed E-state index contributed by atoms with van der Waals surface area (Å²) in [6, 6.07) is 11.2. The molecule has 1 aromatic heterocycles. The molecule has 0 aliphatic heterocycles. The Balaban J connectivity index is 2.04. The predicted octanol–water partition coefficient (Wildman–Crippen LogP) is 4.56. The number of hydrogen-bond acceptors (Lipinski definition) is 2. The molecule has 3 rings (SSSR count). The van der Waals surface area contributed by atoms with Gasteiger partial charge in [0, 0.05) is 28.1 Å². The number of carbonyl (C=O) groups excluding carboxylic acids is 1. The van der Waals surface area contributed by atoms with E-state index in [4.69, 9.17) is 5.73 Å². The van der Waals surface area contributed by atoms with Crippen LogP contribution in [0, 0.1) is 6.92 Å². The number of benzene rings is 2. The van der Waals surface area contributed by atoms with Crippen molar-refractivity contribution in [3.8, 4) is 0 Å². The van der Waals surface area contributed by atoms with E-state index in [0.29, 0.717) is 0 Å². The number of hydrogen-bond donors (Lipinski definition) is 2. The number of urea groups is 1. The van der Waals surface area contributed by atoms with Gasteiger partial charge in [-0.3, -0.25) is 4.90 Å². The van der Waals surface area contributed by atoms with Crippen LogP contribution in [0.1, 0.15) is 11.1 Å². The summed E-state index contributed by atoms with van der Waals surface area (Å²) in [5.41, 5.74) is 10.5. The highest BCUT2D eigenvalue weighted by Gasteiger charge is 2.17. The van der Waals surface area contributed by atoms with Crippen LogP contribution in [0.15, 0.2) is 47.1 Å². The molecule has 0 unspecified atom stereocenters. The standard InChI is InChI=1S/C20H23BrN4O/c1-13-10-15(4-6-18(13)21)25(20(22)26)16-5-7-19-17(11-16)14(12-23-19)8-9-24(2)3/h4-7,10-12,23H,8-9H2,1-3H3,(H2,22,26). The highest BCUT2D eigenvalue weighted by atomic mass is 79.9. The Morgan fingerprint density at radius 1 is 1.15 bits per heavy atom. The minimum atomic E-state index is -0.503. The van der Waals surface area contributed by atoms with Gasteiger partial charge in [-0.25, -0.2) is 4.79 Å². The fourth-order valence-electron chi connectivity index (χ4n) is 3.03. The number of aromatic amines is 1. The molecule has 5 nitrogen and oxygen atoms in total. The third kappa shape index (κ3) is 3.76. The van der Waals surface area contributed by atoms with Crippen molar-refractivity contribution in [1.82, 2.24) is 9.88 Å². The second-order valence-electron chi connectivity index (χ2n) is 6.70. The van der Waals surface area contributed by atoms with E-state index in [-0.39, 0.29) is 0 Å². The summed E-state index contributed by atoms with van der Waals surface area (Å²) < 4.78 is 0.998. The van der Waals surface area contributed by atoms with Crippen molar-refractivity contribution in [2.24, 2.45) is 5.73 Å². The predicted molar refractivity (Wildman–Crippen MR) is 111 cm³/mol. The second-order valence-corrected chi connectivity index (χ2v) is 7.56. The largest absolute Gasteiger partial charge is 0.361 e. The summed E-state index contributed by atoms with van der Waals surface area (Å²) in [6.45, 7) is 2.95. The minimum Gasteiger partial charge on any atom is -0.361 e. The van der Waals surface area contributed by atoms with Crippen molar-refractivity contribution in [2.75, 3.05) is 25.5 Å². The topological polar surface area (TPSA) is 65.4 Å². The first-order valence-electron chi connectivity index (χ1n) is 8.47. The monoisotopic (exact) mass is 414 g/mol. The molecule has 0 bridgehead atoms. The third-order valence-corrected chi connectivity index (χ3v) is 5.35. The van der Waals surface area contributed by atoms with Crippen molar-refractivity contribution in [3.05, 3.63) is 58.2 Å². The molecule has 0 atom stereocenters. The molecule has 0 saturated heterocycles. The van der Waals surface area contributed by atoms with Crippen molar-refractivity contribution in [1.29, 1.82) is 0 Å². The number of carbonyl (C=O) groups is 1. The number of aromatic nitrogens is 1. The highest BCUT2D eigenvalue weighted by Crippen LogP contribution is 2.32. The second kappa shape index (κ2) is 7.51. The molecule has 3 aromatic rings. The van der Waals surface area contributed by atoms with Crippen LogP contribution in [0.2, 0.25) is 0 Å². The molecule has 6 heteroatoms. The zero-order valence-electron chi connectivity index (χ0n) is 15.2. The Kier molecular flexibility index (Phi) is 5.34. The van der Waals surface area contributed by atoms with Crippen molar-refractivity contribution in [3.63, 3.8) is 0 Å². The average Bonchev–Trinajstić information content (AvgIpc) is 2.98. The molecule has 26 heavy (non-hydrogen) atoms. The van der Waals surface area contributed by atoms with Gasteiger partial charge in [-0.2, -0.15) is 0 Å². The summed E-state index contributed by atoms with van der Waals surface area (Å²) in [5.74, 6) is 0. The maximum absolute atomic E-state index is 12.2. The Morgan fingerprint density at radius 3 is 2.50 bits per heavy atom. The zero-order chi connectivity index (χ0) is 18.8. The first-order chi connectivity index (χ1) is 12.4. The lowest BCUT2D eigenvalue weighted by molar-refractivity contribution is 0.256. The van der Waals surface area contributed by atoms with E-state index in [9.17, 15) is 4.79 Å². The SMILES string of the molecule is Cc1cc(N(C(N)=O)c2ccc3[nH]cc(CCN(C)C)c3c2)ccc1Br. The highest BCUT2D eigenvalue weighted by molar-refractivity contribution is 9.10. The summed E-state index contributed by atoms with van der Waals surface area (Å²) in [5, 5.41) is 1.12. The molecule has 0 radical (unpaired) electrons. The molecular formula is C20H23BrN4O. The number of nitrogens with two attached hydrogens (primary N) is 1. The lowest BCUT2D eigenvalue weighted by atomic mass is 10.1. The van der Waals surface area contributed by atoms with Gasteiger partial charge in [0.25, 0.3) is 0 Å². The Labute approximate surface area is 161 Å². The quantitative estimate of drug-likeness (QED) is 0.642. The van der Waals surface area contributed by atoms with E-state index in [2.05, 4.69) is 39.9 Å². The van der Waals surface area contributed by atoms with E-state index >= 15 is 0 Å². The van der Waals surface area contributed by atoms with Crippen LogP contribution in [-0.2, 0) is 6.42 Å². The molecule has 0 fully saturated rings. The Bertz CT molecular complexity index is 948. The Hall–Kier alpha value is -2.31. The van der Waals surface area contributed by atoms with Crippen LogP contribution in [0.4, 0.5) is 16.2 Å². The summed E-state index contributed by atoms with van der Waals surface area (Å²) >= 11 is 3.49. The number of amides is 2. The fraction of sp³-hybridized carbons (Fsp3) is 0.250. The smallest absolute Gasteiger partial charge is 0.323 e. The lowest BCUT2D eigenvalue weighted by Crippen LogP contribution is -2.31.